The van der Waals surface area contributed by atoms with Crippen LogP contribution in [0.15, 0.2) is 35.7 Å². The van der Waals surface area contributed by atoms with E-state index < -0.39 is 6.10 Å². The lowest BCUT2D eigenvalue weighted by molar-refractivity contribution is 0.126. The molecule has 1 unspecified atom stereocenters. The first-order chi connectivity index (χ1) is 9.15. The van der Waals surface area contributed by atoms with E-state index in [1.54, 1.807) is 29.1 Å². The van der Waals surface area contributed by atoms with E-state index in [2.05, 4.69) is 10.2 Å². The van der Waals surface area contributed by atoms with E-state index in [1.165, 1.54) is 11.8 Å². The summed E-state index contributed by atoms with van der Waals surface area (Å²) in [6, 6.07) is 7.12. The van der Waals surface area contributed by atoms with Gasteiger partial charge in [0.1, 0.15) is 18.7 Å². The highest BCUT2D eigenvalue weighted by Crippen LogP contribution is 2.17. The highest BCUT2D eigenvalue weighted by Gasteiger charge is 2.09. The lowest BCUT2D eigenvalue weighted by Crippen LogP contribution is -2.20. The van der Waals surface area contributed by atoms with Crippen molar-refractivity contribution in [2.24, 2.45) is 7.05 Å². The molecule has 0 fully saturated rings. The second-order valence-electron chi connectivity index (χ2n) is 4.07. The summed E-state index contributed by atoms with van der Waals surface area (Å²) in [5, 5.41) is 18.3. The third-order valence-corrected chi connectivity index (χ3v) is 3.55. The highest BCUT2D eigenvalue weighted by atomic mass is 32.2. The van der Waals surface area contributed by atoms with E-state index in [9.17, 15) is 5.11 Å². The van der Waals surface area contributed by atoms with Crippen molar-refractivity contribution in [1.82, 2.24) is 14.8 Å². The number of nitrogens with two attached hydrogens (primary N) is 1. The minimum absolute atomic E-state index is 0.217. The first kappa shape index (κ1) is 13.7. The Bertz CT molecular complexity index is 532. The Morgan fingerprint density at radius 2 is 2.37 bits per heavy atom. The predicted molar refractivity (Wildman–Crippen MR) is 74.1 cm³/mol. The quantitative estimate of drug-likeness (QED) is 0.604. The van der Waals surface area contributed by atoms with Gasteiger partial charge in [0.15, 0.2) is 5.16 Å². The van der Waals surface area contributed by atoms with Gasteiger partial charge in [-0.25, -0.2) is 0 Å². The van der Waals surface area contributed by atoms with E-state index in [0.29, 0.717) is 17.2 Å². The smallest absolute Gasteiger partial charge is 0.190 e. The number of aromatic nitrogens is 3. The van der Waals surface area contributed by atoms with E-state index in [0.717, 1.165) is 5.16 Å². The summed E-state index contributed by atoms with van der Waals surface area (Å²) < 4.78 is 7.26. The number of nitrogen functional groups attached to an aromatic ring is 1. The molecular formula is C12H16N4O2S. The maximum absolute atomic E-state index is 9.83. The van der Waals surface area contributed by atoms with E-state index in [-0.39, 0.29) is 6.61 Å². The Morgan fingerprint density at radius 3 is 3.05 bits per heavy atom. The molecule has 0 saturated heterocycles. The fourth-order valence-corrected chi connectivity index (χ4v) is 2.21. The molecule has 0 bridgehead atoms. The molecule has 1 atom stereocenters. The molecule has 7 heteroatoms. The molecule has 0 aliphatic carbocycles. The van der Waals surface area contributed by atoms with Gasteiger partial charge in [0, 0.05) is 24.6 Å². The molecule has 0 radical (unpaired) electrons. The van der Waals surface area contributed by atoms with Gasteiger partial charge in [-0.05, 0) is 12.1 Å². The molecule has 1 aromatic carbocycles. The second kappa shape index (κ2) is 6.44. The first-order valence-corrected chi connectivity index (χ1v) is 6.77. The molecule has 1 heterocycles. The first-order valence-electron chi connectivity index (χ1n) is 5.78. The Hall–Kier alpha value is -1.73. The van der Waals surface area contributed by atoms with Crippen LogP contribution in [0.25, 0.3) is 0 Å². The van der Waals surface area contributed by atoms with E-state index >= 15 is 0 Å². The standard InChI is InChI=1S/C12H16N4O2S/c1-16-8-14-15-12(16)19-7-10(17)6-18-11-4-2-3-9(13)5-11/h2-5,8,10,17H,6-7,13H2,1H3. The van der Waals surface area contributed by atoms with Crippen molar-refractivity contribution in [3.63, 3.8) is 0 Å². The second-order valence-corrected chi connectivity index (χ2v) is 5.06. The molecule has 2 aromatic rings. The van der Waals surface area contributed by atoms with E-state index in [1.807, 2.05) is 13.1 Å². The molecule has 0 amide bonds. The lowest BCUT2D eigenvalue weighted by Gasteiger charge is -2.12. The molecule has 19 heavy (non-hydrogen) atoms. The summed E-state index contributed by atoms with van der Waals surface area (Å²) in [4.78, 5) is 0. The predicted octanol–water partition coefficient (Wildman–Crippen LogP) is 0.929. The summed E-state index contributed by atoms with van der Waals surface area (Å²) in [5.41, 5.74) is 6.28. The number of hydrogen-bond donors (Lipinski definition) is 2. The maximum Gasteiger partial charge on any atom is 0.190 e. The largest absolute Gasteiger partial charge is 0.491 e. The number of anilines is 1. The number of rotatable bonds is 6. The van der Waals surface area contributed by atoms with Gasteiger partial charge < -0.3 is 20.1 Å². The van der Waals surface area contributed by atoms with Crippen LogP contribution >= 0.6 is 11.8 Å². The van der Waals surface area contributed by atoms with Gasteiger partial charge in [0.2, 0.25) is 0 Å². The zero-order valence-electron chi connectivity index (χ0n) is 10.6. The topological polar surface area (TPSA) is 86.2 Å². The number of hydrogen-bond acceptors (Lipinski definition) is 6. The summed E-state index contributed by atoms with van der Waals surface area (Å²) >= 11 is 1.43. The Labute approximate surface area is 115 Å². The average molecular weight is 280 g/mol. The highest BCUT2D eigenvalue weighted by molar-refractivity contribution is 7.99. The third kappa shape index (κ3) is 4.15. The molecule has 1 aromatic heterocycles. The Kier molecular flexibility index (Phi) is 4.64. The average Bonchev–Trinajstić information content (AvgIpc) is 2.80. The minimum atomic E-state index is -0.580. The van der Waals surface area contributed by atoms with Gasteiger partial charge in [0.25, 0.3) is 0 Å². The number of aliphatic hydroxyl groups excluding tert-OH is 1. The van der Waals surface area contributed by atoms with Crippen molar-refractivity contribution in [2.75, 3.05) is 18.1 Å². The molecule has 0 spiro atoms. The van der Waals surface area contributed by atoms with Crippen molar-refractivity contribution in [1.29, 1.82) is 0 Å². The zero-order valence-corrected chi connectivity index (χ0v) is 11.4. The Morgan fingerprint density at radius 1 is 1.53 bits per heavy atom. The van der Waals surface area contributed by atoms with Gasteiger partial charge in [-0.2, -0.15) is 0 Å². The van der Waals surface area contributed by atoms with Crippen molar-refractivity contribution in [3.05, 3.63) is 30.6 Å². The van der Waals surface area contributed by atoms with Crippen LogP contribution in [0.2, 0.25) is 0 Å². The summed E-state index contributed by atoms with van der Waals surface area (Å²) in [5.74, 6) is 1.15. The monoisotopic (exact) mass is 280 g/mol. The number of benzene rings is 1. The van der Waals surface area contributed by atoms with Crippen molar-refractivity contribution in [2.45, 2.75) is 11.3 Å². The zero-order chi connectivity index (χ0) is 13.7. The molecule has 2 rings (SSSR count). The van der Waals surface area contributed by atoms with Gasteiger partial charge in [-0.3, -0.25) is 0 Å². The molecule has 0 aliphatic heterocycles. The van der Waals surface area contributed by atoms with Crippen molar-refractivity contribution < 1.29 is 9.84 Å². The molecular weight excluding hydrogens is 264 g/mol. The normalized spacial score (nSPS) is 12.3. The molecule has 6 nitrogen and oxygen atoms in total. The van der Waals surface area contributed by atoms with Gasteiger partial charge in [-0.15, -0.1) is 10.2 Å². The molecule has 0 saturated carbocycles. The van der Waals surface area contributed by atoms with Crippen LogP contribution in [0.1, 0.15) is 0 Å². The number of ether oxygens (including phenoxy) is 1. The summed E-state index contributed by atoms with van der Waals surface area (Å²) in [7, 11) is 1.86. The van der Waals surface area contributed by atoms with Gasteiger partial charge in [0.05, 0.1) is 6.10 Å². The maximum atomic E-state index is 9.83. The van der Waals surface area contributed by atoms with Crippen LogP contribution in [-0.2, 0) is 7.05 Å². The Balaban J connectivity index is 1.76. The lowest BCUT2D eigenvalue weighted by atomic mass is 10.3. The summed E-state index contributed by atoms with van der Waals surface area (Å²) in [6.45, 7) is 0.217. The van der Waals surface area contributed by atoms with Crippen LogP contribution in [0, 0.1) is 0 Å². The van der Waals surface area contributed by atoms with Crippen LogP contribution in [0.4, 0.5) is 5.69 Å². The fourth-order valence-electron chi connectivity index (χ4n) is 1.42. The third-order valence-electron chi connectivity index (χ3n) is 2.38. The molecule has 102 valence electrons. The van der Waals surface area contributed by atoms with Crippen LogP contribution in [0.5, 0.6) is 5.75 Å². The molecule has 3 N–H and O–H groups in total. The number of aliphatic hydroxyl groups is 1. The van der Waals surface area contributed by atoms with E-state index in [4.69, 9.17) is 10.5 Å². The number of nitrogens with zero attached hydrogens (tertiary/aromatic N) is 3. The minimum Gasteiger partial charge on any atom is -0.491 e. The van der Waals surface area contributed by atoms with Crippen molar-refractivity contribution in [3.8, 4) is 5.75 Å². The van der Waals surface area contributed by atoms with Gasteiger partial charge in [-0.1, -0.05) is 17.8 Å². The molecule has 0 aliphatic rings. The van der Waals surface area contributed by atoms with Gasteiger partial charge >= 0.3 is 0 Å². The summed E-state index contributed by atoms with van der Waals surface area (Å²) in [6.07, 6.45) is 1.04. The number of aryl methyl sites for hydroxylation is 1. The van der Waals surface area contributed by atoms with Crippen LogP contribution in [0.3, 0.4) is 0 Å². The van der Waals surface area contributed by atoms with Crippen LogP contribution in [-0.4, -0.2) is 38.3 Å². The van der Waals surface area contributed by atoms with Crippen LogP contribution < -0.4 is 10.5 Å². The number of thioether (sulfide) groups is 1. The SMILES string of the molecule is Cn1cnnc1SCC(O)COc1cccc(N)c1. The fraction of sp³-hybridized carbons (Fsp3) is 0.333. The van der Waals surface area contributed by atoms with Crippen molar-refractivity contribution >= 4 is 17.4 Å².